The Balaban J connectivity index is 4.32. The minimum absolute atomic E-state index is 0.0791. The maximum atomic E-state index is 11.4. The molecular weight excluding hydrogens is 138 g/mol. The van der Waals surface area contributed by atoms with Crippen LogP contribution in [0.25, 0.3) is 0 Å². The van der Waals surface area contributed by atoms with Gasteiger partial charge in [-0.2, -0.15) is 0 Å². The summed E-state index contributed by atoms with van der Waals surface area (Å²) in [5.74, 6) is 2.58. The SMILES string of the molecule is C#CCC(C)(C)C(=O)N(C)C. The lowest BCUT2D eigenvalue weighted by molar-refractivity contribution is -0.137. The van der Waals surface area contributed by atoms with Gasteiger partial charge in [-0.25, -0.2) is 0 Å². The van der Waals surface area contributed by atoms with Crippen LogP contribution in [-0.2, 0) is 4.79 Å². The van der Waals surface area contributed by atoms with E-state index in [2.05, 4.69) is 5.92 Å². The van der Waals surface area contributed by atoms with E-state index in [0.717, 1.165) is 0 Å². The highest BCUT2D eigenvalue weighted by molar-refractivity contribution is 5.81. The fourth-order valence-electron chi connectivity index (χ4n) is 0.936. The molecule has 2 heteroatoms. The molecule has 0 atom stereocenters. The molecular formula is C9H15NO. The van der Waals surface area contributed by atoms with E-state index in [9.17, 15) is 4.79 Å². The number of terminal acetylenes is 1. The van der Waals surface area contributed by atoms with Gasteiger partial charge in [-0.05, 0) is 0 Å². The number of amides is 1. The lowest BCUT2D eigenvalue weighted by Crippen LogP contribution is -2.35. The van der Waals surface area contributed by atoms with Crippen molar-refractivity contribution in [3.05, 3.63) is 0 Å². The maximum absolute atomic E-state index is 11.4. The van der Waals surface area contributed by atoms with Crippen molar-refractivity contribution in [2.75, 3.05) is 14.1 Å². The van der Waals surface area contributed by atoms with Crippen molar-refractivity contribution in [1.82, 2.24) is 4.90 Å². The summed E-state index contributed by atoms with van der Waals surface area (Å²) in [6, 6.07) is 0. The Kier molecular flexibility index (Phi) is 3.13. The van der Waals surface area contributed by atoms with Crippen LogP contribution in [-0.4, -0.2) is 24.9 Å². The Bertz CT molecular complexity index is 186. The van der Waals surface area contributed by atoms with Crippen molar-refractivity contribution in [2.24, 2.45) is 5.41 Å². The number of rotatable bonds is 2. The van der Waals surface area contributed by atoms with E-state index in [0.29, 0.717) is 6.42 Å². The highest BCUT2D eigenvalue weighted by Gasteiger charge is 2.27. The molecule has 0 spiro atoms. The number of carbonyl (C=O) groups is 1. The van der Waals surface area contributed by atoms with E-state index in [1.165, 1.54) is 0 Å². The summed E-state index contributed by atoms with van der Waals surface area (Å²) in [5, 5.41) is 0. The van der Waals surface area contributed by atoms with E-state index >= 15 is 0 Å². The largest absolute Gasteiger partial charge is 0.348 e. The summed E-state index contributed by atoms with van der Waals surface area (Å²) in [6.07, 6.45) is 5.62. The summed E-state index contributed by atoms with van der Waals surface area (Å²) in [7, 11) is 3.47. The third-order valence-electron chi connectivity index (χ3n) is 1.53. The van der Waals surface area contributed by atoms with Crippen LogP contribution in [0.4, 0.5) is 0 Å². The van der Waals surface area contributed by atoms with Crippen LogP contribution in [0, 0.1) is 17.8 Å². The van der Waals surface area contributed by atoms with E-state index < -0.39 is 5.41 Å². The molecule has 0 rings (SSSR count). The van der Waals surface area contributed by atoms with E-state index in [4.69, 9.17) is 6.42 Å². The molecule has 0 aromatic carbocycles. The van der Waals surface area contributed by atoms with Crippen LogP contribution < -0.4 is 0 Å². The molecule has 0 aliphatic rings. The molecule has 0 bridgehead atoms. The number of hydrogen-bond donors (Lipinski definition) is 0. The monoisotopic (exact) mass is 153 g/mol. The Morgan fingerprint density at radius 1 is 1.55 bits per heavy atom. The minimum Gasteiger partial charge on any atom is -0.348 e. The maximum Gasteiger partial charge on any atom is 0.228 e. The molecule has 1 amide bonds. The van der Waals surface area contributed by atoms with Crippen molar-refractivity contribution >= 4 is 5.91 Å². The zero-order valence-electron chi connectivity index (χ0n) is 7.64. The van der Waals surface area contributed by atoms with Gasteiger partial charge in [0.25, 0.3) is 0 Å². The van der Waals surface area contributed by atoms with Gasteiger partial charge in [0, 0.05) is 20.5 Å². The first-order valence-electron chi connectivity index (χ1n) is 3.57. The summed E-state index contributed by atoms with van der Waals surface area (Å²) in [5.41, 5.74) is -0.418. The van der Waals surface area contributed by atoms with Crippen molar-refractivity contribution in [2.45, 2.75) is 20.3 Å². The second kappa shape index (κ2) is 3.43. The van der Waals surface area contributed by atoms with Gasteiger partial charge in [-0.1, -0.05) is 13.8 Å². The van der Waals surface area contributed by atoms with Crippen LogP contribution in [0.15, 0.2) is 0 Å². The molecule has 0 saturated carbocycles. The highest BCUT2D eigenvalue weighted by atomic mass is 16.2. The predicted molar refractivity (Wildman–Crippen MR) is 45.9 cm³/mol. The van der Waals surface area contributed by atoms with Crippen LogP contribution in [0.5, 0.6) is 0 Å². The molecule has 0 heterocycles. The first-order valence-corrected chi connectivity index (χ1v) is 3.57. The Hall–Kier alpha value is -0.970. The Labute approximate surface area is 68.6 Å². The number of hydrogen-bond acceptors (Lipinski definition) is 1. The third kappa shape index (κ3) is 2.63. The molecule has 0 fully saturated rings. The molecule has 0 saturated heterocycles. The molecule has 2 nitrogen and oxygen atoms in total. The van der Waals surface area contributed by atoms with Crippen LogP contribution in [0.3, 0.4) is 0 Å². The smallest absolute Gasteiger partial charge is 0.228 e. The van der Waals surface area contributed by atoms with E-state index in [1.807, 2.05) is 13.8 Å². The fraction of sp³-hybridized carbons (Fsp3) is 0.667. The quantitative estimate of drug-likeness (QED) is 0.544. The normalized spacial score (nSPS) is 10.5. The van der Waals surface area contributed by atoms with E-state index in [1.54, 1.807) is 19.0 Å². The molecule has 0 unspecified atom stereocenters. The Morgan fingerprint density at radius 3 is 2.27 bits per heavy atom. The number of carbonyl (C=O) groups excluding carboxylic acids is 1. The zero-order chi connectivity index (χ0) is 9.07. The molecule has 11 heavy (non-hydrogen) atoms. The van der Waals surface area contributed by atoms with Crippen molar-refractivity contribution in [3.63, 3.8) is 0 Å². The lowest BCUT2D eigenvalue weighted by Gasteiger charge is -2.24. The lowest BCUT2D eigenvalue weighted by atomic mass is 9.88. The van der Waals surface area contributed by atoms with Gasteiger partial charge >= 0.3 is 0 Å². The van der Waals surface area contributed by atoms with Crippen molar-refractivity contribution < 1.29 is 4.79 Å². The molecule has 0 aliphatic carbocycles. The summed E-state index contributed by atoms with van der Waals surface area (Å²) in [6.45, 7) is 3.71. The molecule has 0 aromatic heterocycles. The first kappa shape index (κ1) is 10.0. The van der Waals surface area contributed by atoms with Gasteiger partial charge in [0.05, 0.1) is 5.41 Å². The van der Waals surface area contributed by atoms with Crippen LogP contribution in [0.1, 0.15) is 20.3 Å². The zero-order valence-corrected chi connectivity index (χ0v) is 7.64. The first-order chi connectivity index (χ1) is 4.91. The van der Waals surface area contributed by atoms with Gasteiger partial charge in [0.15, 0.2) is 0 Å². The highest BCUT2D eigenvalue weighted by Crippen LogP contribution is 2.21. The van der Waals surface area contributed by atoms with Gasteiger partial charge in [-0.15, -0.1) is 12.3 Å². The summed E-state index contributed by atoms with van der Waals surface area (Å²) in [4.78, 5) is 13.0. The summed E-state index contributed by atoms with van der Waals surface area (Å²) < 4.78 is 0. The van der Waals surface area contributed by atoms with Gasteiger partial charge < -0.3 is 4.90 Å². The van der Waals surface area contributed by atoms with E-state index in [-0.39, 0.29) is 5.91 Å². The second-order valence-electron chi connectivity index (χ2n) is 3.46. The topological polar surface area (TPSA) is 20.3 Å². The average Bonchev–Trinajstić information content (AvgIpc) is 1.86. The van der Waals surface area contributed by atoms with Crippen LogP contribution >= 0.6 is 0 Å². The molecule has 0 N–H and O–H groups in total. The van der Waals surface area contributed by atoms with Gasteiger partial charge in [0.1, 0.15) is 0 Å². The average molecular weight is 153 g/mol. The minimum atomic E-state index is -0.418. The van der Waals surface area contributed by atoms with Crippen molar-refractivity contribution in [1.29, 1.82) is 0 Å². The second-order valence-corrected chi connectivity index (χ2v) is 3.46. The Morgan fingerprint density at radius 2 is 2.00 bits per heavy atom. The summed E-state index contributed by atoms with van der Waals surface area (Å²) >= 11 is 0. The van der Waals surface area contributed by atoms with Crippen molar-refractivity contribution in [3.8, 4) is 12.3 Å². The molecule has 0 aliphatic heterocycles. The third-order valence-corrected chi connectivity index (χ3v) is 1.53. The predicted octanol–water partition coefficient (Wildman–Crippen LogP) is 1.12. The van der Waals surface area contributed by atoms with Gasteiger partial charge in [-0.3, -0.25) is 4.79 Å². The molecule has 62 valence electrons. The van der Waals surface area contributed by atoms with Gasteiger partial charge in [0.2, 0.25) is 5.91 Å². The fourth-order valence-corrected chi connectivity index (χ4v) is 0.936. The van der Waals surface area contributed by atoms with Crippen LogP contribution in [0.2, 0.25) is 0 Å². The molecule has 0 radical (unpaired) electrons. The number of nitrogens with zero attached hydrogens (tertiary/aromatic N) is 1. The standard InChI is InChI=1S/C9H15NO/c1-6-7-9(2,3)8(11)10(4)5/h1H,7H2,2-5H3. The molecule has 0 aromatic rings.